The Bertz CT molecular complexity index is 899. The zero-order valence-corrected chi connectivity index (χ0v) is 15.5. The highest BCUT2D eigenvalue weighted by atomic mass is 35.5. The van der Waals surface area contributed by atoms with Gasteiger partial charge >= 0.3 is 0 Å². The minimum atomic E-state index is -0.149. The highest BCUT2D eigenvalue weighted by molar-refractivity contribution is 6.42. The van der Waals surface area contributed by atoms with Crippen LogP contribution < -0.4 is 10.2 Å². The molecule has 3 rings (SSSR count). The molecule has 1 unspecified atom stereocenters. The van der Waals surface area contributed by atoms with E-state index in [-0.39, 0.29) is 12.5 Å². The van der Waals surface area contributed by atoms with E-state index < -0.39 is 0 Å². The smallest absolute Gasteiger partial charge is 0.279 e. The maximum Gasteiger partial charge on any atom is 0.279 e. The first-order chi connectivity index (χ1) is 12.5. The Balaban J connectivity index is 1.55. The van der Waals surface area contributed by atoms with E-state index in [1.54, 1.807) is 18.2 Å². The van der Waals surface area contributed by atoms with E-state index in [0.717, 1.165) is 10.5 Å². The number of nitrogens with zero attached hydrogens (tertiary/aromatic N) is 2. The molecule has 0 fully saturated rings. The van der Waals surface area contributed by atoms with Gasteiger partial charge in [0.1, 0.15) is 0 Å². The highest BCUT2D eigenvalue weighted by Gasteiger charge is 2.16. The molecule has 1 amide bonds. The number of aromatic nitrogens is 2. The van der Waals surface area contributed by atoms with E-state index in [9.17, 15) is 4.79 Å². The fourth-order valence-electron chi connectivity index (χ4n) is 2.40. The van der Waals surface area contributed by atoms with Crippen LogP contribution in [-0.2, 0) is 11.3 Å². The molecule has 8 heteroatoms. The van der Waals surface area contributed by atoms with Crippen LogP contribution in [0, 0.1) is 0 Å². The zero-order chi connectivity index (χ0) is 18.5. The Kier molecular flexibility index (Phi) is 5.88. The Morgan fingerprint density at radius 1 is 1.12 bits per heavy atom. The molecule has 0 radical (unpaired) electrons. The highest BCUT2D eigenvalue weighted by Crippen LogP contribution is 2.24. The summed E-state index contributed by atoms with van der Waals surface area (Å²) in [6.45, 7) is 0.678. The molecule has 0 bridgehead atoms. The molecule has 0 saturated heterocycles. The number of amides is 1. The number of likely N-dealkylation sites (N-methyl/N-ethyl adjacent to an activating group) is 1. The summed E-state index contributed by atoms with van der Waals surface area (Å²) in [6, 6.07) is 14.5. The van der Waals surface area contributed by atoms with Gasteiger partial charge in [0.05, 0.1) is 17.1 Å². The van der Waals surface area contributed by atoms with Crippen molar-refractivity contribution in [3.8, 4) is 11.5 Å². The Hall–Kier alpha value is -2.41. The van der Waals surface area contributed by atoms with Gasteiger partial charge < -0.3 is 14.6 Å². The number of rotatable bonds is 6. The van der Waals surface area contributed by atoms with Crippen LogP contribution in [0.4, 0.5) is 5.69 Å². The number of hydrogen-bond donors (Lipinski definition) is 2. The molecular weight excluding hydrogens is 375 g/mol. The molecular formula is C18H17Cl2N4O2+. The summed E-state index contributed by atoms with van der Waals surface area (Å²) in [7, 11) is 1.88. The van der Waals surface area contributed by atoms with Crippen molar-refractivity contribution in [2.24, 2.45) is 0 Å². The van der Waals surface area contributed by atoms with Gasteiger partial charge in [-0.25, -0.2) is 0 Å². The molecule has 6 nitrogen and oxygen atoms in total. The van der Waals surface area contributed by atoms with Crippen LogP contribution in [0.3, 0.4) is 0 Å². The van der Waals surface area contributed by atoms with Crippen LogP contribution in [0.5, 0.6) is 0 Å². The monoisotopic (exact) mass is 391 g/mol. The van der Waals surface area contributed by atoms with Crippen LogP contribution in [0.2, 0.25) is 10.0 Å². The molecule has 2 aromatic carbocycles. The summed E-state index contributed by atoms with van der Waals surface area (Å²) in [5.41, 5.74) is 1.46. The number of halogens is 2. The molecule has 0 aliphatic rings. The standard InChI is InChI=1S/C18H16Cl2N4O2/c1-24(10-16(25)21-13-7-8-14(19)15(20)9-13)11-17-22-23-18(26-17)12-5-3-2-4-6-12/h2-9H,10-11H2,1H3,(H,21,25)/p+1. The van der Waals surface area contributed by atoms with E-state index in [2.05, 4.69) is 15.5 Å². The third kappa shape index (κ3) is 4.82. The number of hydrogen-bond acceptors (Lipinski definition) is 4. The Labute approximate surface area is 160 Å². The summed E-state index contributed by atoms with van der Waals surface area (Å²) >= 11 is 11.8. The molecule has 26 heavy (non-hydrogen) atoms. The number of anilines is 1. The van der Waals surface area contributed by atoms with Crippen LogP contribution in [0.25, 0.3) is 11.5 Å². The summed E-state index contributed by atoms with van der Waals surface area (Å²) in [6.07, 6.45) is 0. The fraction of sp³-hybridized carbons (Fsp3) is 0.167. The van der Waals surface area contributed by atoms with E-state index >= 15 is 0 Å². The molecule has 1 aromatic heterocycles. The van der Waals surface area contributed by atoms with Gasteiger partial charge in [0.25, 0.3) is 11.8 Å². The second kappa shape index (κ2) is 8.31. The first-order valence-corrected chi connectivity index (χ1v) is 8.71. The van der Waals surface area contributed by atoms with Gasteiger partial charge in [-0.15, -0.1) is 10.2 Å². The van der Waals surface area contributed by atoms with Crippen molar-refractivity contribution in [3.63, 3.8) is 0 Å². The molecule has 0 aliphatic carbocycles. The number of carbonyl (C=O) groups excluding carboxylic acids is 1. The predicted octanol–water partition coefficient (Wildman–Crippen LogP) is 2.70. The van der Waals surface area contributed by atoms with Crippen LogP contribution in [-0.4, -0.2) is 29.7 Å². The lowest BCUT2D eigenvalue weighted by Gasteiger charge is -2.12. The number of carbonyl (C=O) groups is 1. The largest absolute Gasteiger partial charge is 0.415 e. The van der Waals surface area contributed by atoms with Crippen molar-refractivity contribution in [3.05, 3.63) is 64.5 Å². The average Bonchev–Trinajstić information content (AvgIpc) is 3.07. The van der Waals surface area contributed by atoms with Crippen molar-refractivity contribution in [2.45, 2.75) is 6.54 Å². The van der Waals surface area contributed by atoms with Crippen molar-refractivity contribution in [1.29, 1.82) is 0 Å². The molecule has 0 saturated carbocycles. The molecule has 1 heterocycles. The first kappa shape index (κ1) is 18.4. The summed E-state index contributed by atoms with van der Waals surface area (Å²) in [4.78, 5) is 13.1. The third-order valence-electron chi connectivity index (χ3n) is 3.61. The topological polar surface area (TPSA) is 72.5 Å². The van der Waals surface area contributed by atoms with Crippen molar-refractivity contribution >= 4 is 34.8 Å². The van der Waals surface area contributed by atoms with Crippen molar-refractivity contribution in [2.75, 3.05) is 18.9 Å². The Morgan fingerprint density at radius 2 is 1.88 bits per heavy atom. The van der Waals surface area contributed by atoms with E-state index in [1.165, 1.54) is 0 Å². The lowest BCUT2D eigenvalue weighted by atomic mass is 10.2. The van der Waals surface area contributed by atoms with Gasteiger partial charge in [0.15, 0.2) is 13.1 Å². The Morgan fingerprint density at radius 3 is 2.62 bits per heavy atom. The maximum absolute atomic E-state index is 12.2. The minimum absolute atomic E-state index is 0.149. The van der Waals surface area contributed by atoms with Gasteiger partial charge in [-0.2, -0.15) is 0 Å². The quantitative estimate of drug-likeness (QED) is 0.677. The third-order valence-corrected chi connectivity index (χ3v) is 4.35. The van der Waals surface area contributed by atoms with Crippen LogP contribution in [0.15, 0.2) is 52.9 Å². The molecule has 0 spiro atoms. The van der Waals surface area contributed by atoms with E-state index in [1.807, 2.05) is 37.4 Å². The molecule has 134 valence electrons. The SMILES string of the molecule is C[NH+](CC(=O)Nc1ccc(Cl)c(Cl)c1)Cc1nnc(-c2ccccc2)o1. The normalized spacial score (nSPS) is 12.0. The average molecular weight is 392 g/mol. The number of benzene rings is 2. The minimum Gasteiger partial charge on any atom is -0.415 e. The van der Waals surface area contributed by atoms with E-state index in [4.69, 9.17) is 27.6 Å². The number of nitrogens with one attached hydrogen (secondary N) is 2. The van der Waals surface area contributed by atoms with Gasteiger partial charge in [0, 0.05) is 11.3 Å². The lowest BCUT2D eigenvalue weighted by molar-refractivity contribution is -0.886. The van der Waals surface area contributed by atoms with Gasteiger partial charge in [-0.1, -0.05) is 41.4 Å². The summed E-state index contributed by atoms with van der Waals surface area (Å²) in [5, 5.41) is 11.7. The second-order valence-electron chi connectivity index (χ2n) is 5.85. The summed E-state index contributed by atoms with van der Waals surface area (Å²) < 4.78 is 5.66. The molecule has 1 atom stereocenters. The first-order valence-electron chi connectivity index (χ1n) is 7.95. The summed E-state index contributed by atoms with van der Waals surface area (Å²) in [5.74, 6) is 0.793. The lowest BCUT2D eigenvalue weighted by Crippen LogP contribution is -3.08. The second-order valence-corrected chi connectivity index (χ2v) is 6.67. The van der Waals surface area contributed by atoms with Gasteiger partial charge in [-0.3, -0.25) is 4.79 Å². The van der Waals surface area contributed by atoms with E-state index in [0.29, 0.717) is 34.1 Å². The van der Waals surface area contributed by atoms with Gasteiger partial charge in [-0.05, 0) is 30.3 Å². The van der Waals surface area contributed by atoms with Crippen molar-refractivity contribution in [1.82, 2.24) is 10.2 Å². The van der Waals surface area contributed by atoms with Crippen LogP contribution in [0.1, 0.15) is 5.89 Å². The fourth-order valence-corrected chi connectivity index (χ4v) is 2.69. The van der Waals surface area contributed by atoms with Crippen LogP contribution >= 0.6 is 23.2 Å². The number of quaternary nitrogens is 1. The molecule has 0 aliphatic heterocycles. The molecule has 2 N–H and O–H groups in total. The zero-order valence-electron chi connectivity index (χ0n) is 14.0. The van der Waals surface area contributed by atoms with Crippen molar-refractivity contribution < 1.29 is 14.1 Å². The maximum atomic E-state index is 12.2. The molecule has 3 aromatic rings. The van der Waals surface area contributed by atoms with Gasteiger partial charge in [0.2, 0.25) is 5.89 Å². The predicted molar refractivity (Wildman–Crippen MR) is 100 cm³/mol.